The Bertz CT molecular complexity index is 178. The Morgan fingerprint density at radius 3 is 2.33 bits per heavy atom. The van der Waals surface area contributed by atoms with E-state index in [1.54, 1.807) is 0 Å². The quantitative estimate of drug-likeness (QED) is 0.398. The van der Waals surface area contributed by atoms with Crippen LogP contribution in [-0.2, 0) is 4.79 Å². The largest absolute Gasteiger partial charge is 1.00 e. The van der Waals surface area contributed by atoms with E-state index in [4.69, 9.17) is 6.42 Å². The normalized spacial score (nSPS) is 9.50. The second-order valence-corrected chi connectivity index (χ2v) is 3.43. The van der Waals surface area contributed by atoms with Crippen molar-refractivity contribution in [2.45, 2.75) is 0 Å². The maximum Gasteiger partial charge on any atom is 0.275 e. The van der Waals surface area contributed by atoms with Crippen molar-refractivity contribution in [3.8, 4) is 12.3 Å². The summed E-state index contributed by atoms with van der Waals surface area (Å²) in [5.41, 5.74) is 0. The molecule has 0 bridgehead atoms. The summed E-state index contributed by atoms with van der Waals surface area (Å²) in [7, 11) is 5.86. The van der Waals surface area contributed by atoms with Crippen LogP contribution >= 0.6 is 0 Å². The van der Waals surface area contributed by atoms with Crippen LogP contribution in [0.3, 0.4) is 0 Å². The van der Waals surface area contributed by atoms with Crippen LogP contribution in [0.5, 0.6) is 0 Å². The fourth-order valence-electron chi connectivity index (χ4n) is 0.636. The van der Waals surface area contributed by atoms with Gasteiger partial charge in [-0.1, -0.05) is 5.92 Å². The van der Waals surface area contributed by atoms with E-state index in [0.717, 1.165) is 0 Å². The first-order valence-electron chi connectivity index (χ1n) is 3.46. The lowest BCUT2D eigenvalue weighted by Gasteiger charge is -2.22. The number of carbonyl (C=O) groups excluding carboxylic acids is 1. The minimum Gasteiger partial charge on any atom is -1.00 e. The van der Waals surface area contributed by atoms with E-state index < -0.39 is 0 Å². The first-order valence-corrected chi connectivity index (χ1v) is 3.46. The Balaban J connectivity index is 0. The summed E-state index contributed by atoms with van der Waals surface area (Å²) in [5, 5.41) is 2.60. The van der Waals surface area contributed by atoms with Crippen LogP contribution in [0.4, 0.5) is 0 Å². The molecule has 0 heterocycles. The Kier molecular flexibility index (Phi) is 7.05. The van der Waals surface area contributed by atoms with Gasteiger partial charge in [-0.05, 0) is 0 Å². The van der Waals surface area contributed by atoms with Crippen molar-refractivity contribution in [3.63, 3.8) is 0 Å². The zero-order chi connectivity index (χ0) is 8.91. The number of hydrogen-bond donors (Lipinski definition) is 1. The van der Waals surface area contributed by atoms with Crippen molar-refractivity contribution < 1.29 is 26.3 Å². The Morgan fingerprint density at radius 2 is 2.00 bits per heavy atom. The molecule has 1 N–H and O–H groups in total. The third-order valence-corrected chi connectivity index (χ3v) is 1.01. The van der Waals surface area contributed by atoms with Crippen molar-refractivity contribution in [1.29, 1.82) is 0 Å². The number of quaternary nitrogens is 1. The summed E-state index contributed by atoms with van der Waals surface area (Å²) in [6.07, 6.45) is 4.97. The summed E-state index contributed by atoms with van der Waals surface area (Å²) < 4.78 is 0.621. The number of rotatable bonds is 3. The van der Waals surface area contributed by atoms with E-state index in [2.05, 4.69) is 11.2 Å². The van der Waals surface area contributed by atoms with Crippen molar-refractivity contribution >= 4 is 5.91 Å². The van der Waals surface area contributed by atoms with E-state index in [9.17, 15) is 4.79 Å². The number of nitrogens with zero attached hydrogens (tertiary/aromatic N) is 1. The number of nitrogens with one attached hydrogen (secondary N) is 1. The van der Waals surface area contributed by atoms with Crippen LogP contribution in [-0.4, -0.2) is 44.6 Å². The number of likely N-dealkylation sites (N-methyl/N-ethyl adjacent to an activating group) is 1. The van der Waals surface area contributed by atoms with E-state index >= 15 is 0 Å². The maximum atomic E-state index is 11.0. The average Bonchev–Trinajstić information content (AvgIpc) is 1.79. The number of hydrogen-bond acceptors (Lipinski definition) is 1. The SMILES string of the molecule is C#CCNC(=O)C[N+](C)(C)C.[Br-]. The molecule has 0 aromatic heterocycles. The van der Waals surface area contributed by atoms with Crippen LogP contribution in [0.25, 0.3) is 0 Å². The second-order valence-electron chi connectivity index (χ2n) is 3.43. The van der Waals surface area contributed by atoms with E-state index in [-0.39, 0.29) is 22.9 Å². The van der Waals surface area contributed by atoms with Gasteiger partial charge in [0.15, 0.2) is 6.54 Å². The van der Waals surface area contributed by atoms with Crippen molar-refractivity contribution in [2.24, 2.45) is 0 Å². The molecule has 1 amide bonds. The van der Waals surface area contributed by atoms with Gasteiger partial charge in [0.25, 0.3) is 5.91 Å². The summed E-state index contributed by atoms with van der Waals surface area (Å²) in [6, 6.07) is 0. The summed E-state index contributed by atoms with van der Waals surface area (Å²) >= 11 is 0. The highest BCUT2D eigenvalue weighted by Crippen LogP contribution is 1.87. The molecule has 3 nitrogen and oxygen atoms in total. The zero-order valence-electron chi connectivity index (χ0n) is 7.72. The third-order valence-electron chi connectivity index (χ3n) is 1.01. The molecule has 0 aliphatic rings. The molecule has 0 rings (SSSR count). The van der Waals surface area contributed by atoms with Crippen molar-refractivity contribution in [2.75, 3.05) is 34.2 Å². The van der Waals surface area contributed by atoms with Gasteiger partial charge < -0.3 is 26.8 Å². The Hall–Kier alpha value is -0.530. The standard InChI is InChI=1S/C8H14N2O.BrH/c1-5-6-9-8(11)7-10(2,3)4;/h1H,6-7H2,2-4H3;1H. The van der Waals surface area contributed by atoms with Gasteiger partial charge in [-0.2, -0.15) is 0 Å². The average molecular weight is 235 g/mol. The molecule has 0 saturated carbocycles. The highest BCUT2D eigenvalue weighted by atomic mass is 79.9. The topological polar surface area (TPSA) is 29.1 Å². The zero-order valence-corrected chi connectivity index (χ0v) is 9.31. The fourth-order valence-corrected chi connectivity index (χ4v) is 0.636. The Morgan fingerprint density at radius 1 is 1.50 bits per heavy atom. The molecule has 12 heavy (non-hydrogen) atoms. The van der Waals surface area contributed by atoms with E-state index in [1.165, 1.54) is 0 Å². The molecule has 4 heteroatoms. The van der Waals surface area contributed by atoms with Crippen molar-refractivity contribution in [3.05, 3.63) is 0 Å². The number of halogens is 1. The van der Waals surface area contributed by atoms with Gasteiger partial charge in [0.05, 0.1) is 27.7 Å². The molecule has 0 aliphatic heterocycles. The van der Waals surface area contributed by atoms with E-state index in [0.29, 0.717) is 17.6 Å². The summed E-state index contributed by atoms with van der Waals surface area (Å²) in [6.45, 7) is 0.778. The molecule has 0 atom stereocenters. The minimum absolute atomic E-state index is 0. The lowest BCUT2D eigenvalue weighted by atomic mass is 10.4. The second kappa shape index (κ2) is 6.04. The van der Waals surface area contributed by atoms with Gasteiger partial charge in [0.2, 0.25) is 0 Å². The molecule has 0 fully saturated rings. The number of amides is 1. The molecular formula is C8H15BrN2O. The van der Waals surface area contributed by atoms with Gasteiger partial charge in [0.1, 0.15) is 0 Å². The Labute approximate surface area is 84.5 Å². The van der Waals surface area contributed by atoms with Crippen molar-refractivity contribution in [1.82, 2.24) is 5.32 Å². The molecule has 0 radical (unpaired) electrons. The summed E-state index contributed by atoms with van der Waals surface area (Å²) in [4.78, 5) is 11.0. The van der Waals surface area contributed by atoms with Gasteiger partial charge >= 0.3 is 0 Å². The van der Waals surface area contributed by atoms with Crippen LogP contribution < -0.4 is 22.3 Å². The molecule has 70 valence electrons. The van der Waals surface area contributed by atoms with Crippen LogP contribution in [0.15, 0.2) is 0 Å². The fraction of sp³-hybridized carbons (Fsp3) is 0.625. The van der Waals surface area contributed by atoms with E-state index in [1.807, 2.05) is 21.1 Å². The van der Waals surface area contributed by atoms with Gasteiger partial charge in [-0.25, -0.2) is 0 Å². The lowest BCUT2D eigenvalue weighted by Crippen LogP contribution is -3.00. The lowest BCUT2D eigenvalue weighted by molar-refractivity contribution is -0.862. The molecule has 0 saturated heterocycles. The predicted molar refractivity (Wildman–Crippen MR) is 44.7 cm³/mol. The van der Waals surface area contributed by atoms with Crippen LogP contribution in [0.2, 0.25) is 0 Å². The highest BCUT2D eigenvalue weighted by Gasteiger charge is 2.12. The van der Waals surface area contributed by atoms with Crippen LogP contribution in [0, 0.1) is 12.3 Å². The molecule has 0 unspecified atom stereocenters. The monoisotopic (exact) mass is 234 g/mol. The molecule has 0 aliphatic carbocycles. The highest BCUT2D eigenvalue weighted by molar-refractivity contribution is 5.77. The smallest absolute Gasteiger partial charge is 0.275 e. The molecule has 0 aromatic carbocycles. The minimum atomic E-state index is -0.00421. The third kappa shape index (κ3) is 9.47. The van der Waals surface area contributed by atoms with Gasteiger partial charge in [0, 0.05) is 0 Å². The molecule has 0 aromatic rings. The molecule has 0 spiro atoms. The number of carbonyl (C=O) groups is 1. The van der Waals surface area contributed by atoms with Gasteiger partial charge in [-0.15, -0.1) is 6.42 Å². The molecular weight excluding hydrogens is 220 g/mol. The maximum absolute atomic E-state index is 11.0. The van der Waals surface area contributed by atoms with Gasteiger partial charge in [-0.3, -0.25) is 4.79 Å². The predicted octanol–water partition coefficient (Wildman–Crippen LogP) is -3.55. The summed E-state index contributed by atoms with van der Waals surface area (Å²) in [5.74, 6) is 2.34. The van der Waals surface area contributed by atoms with Crippen LogP contribution in [0.1, 0.15) is 0 Å². The first-order chi connectivity index (χ1) is 4.95. The number of terminal acetylenes is 1. The first kappa shape index (κ1) is 14.0.